The molecule has 1 unspecified atom stereocenters. The van der Waals surface area contributed by atoms with Gasteiger partial charge in [0.05, 0.1) is 6.04 Å². The van der Waals surface area contributed by atoms with E-state index in [0.29, 0.717) is 11.9 Å². The monoisotopic (exact) mass is 307 g/mol. The van der Waals surface area contributed by atoms with Gasteiger partial charge >= 0.3 is 0 Å². The van der Waals surface area contributed by atoms with Crippen LogP contribution in [0.4, 0.5) is 5.82 Å². The van der Waals surface area contributed by atoms with Crippen LogP contribution in [0.15, 0.2) is 10.6 Å². The van der Waals surface area contributed by atoms with Crippen LogP contribution in [-0.2, 0) is 14.9 Å². The summed E-state index contributed by atoms with van der Waals surface area (Å²) in [7, 11) is 0. The van der Waals surface area contributed by atoms with E-state index in [0.717, 1.165) is 44.8 Å². The molecule has 122 valence electrons. The number of amides is 1. The van der Waals surface area contributed by atoms with E-state index in [4.69, 9.17) is 9.26 Å². The lowest BCUT2D eigenvalue weighted by atomic mass is 9.93. The topological polar surface area (TPSA) is 67.6 Å². The van der Waals surface area contributed by atoms with Crippen molar-refractivity contribution in [2.45, 2.75) is 57.5 Å². The molecule has 1 N–H and O–H groups in total. The van der Waals surface area contributed by atoms with E-state index in [2.05, 4.69) is 36.1 Å². The summed E-state index contributed by atoms with van der Waals surface area (Å²) in [5, 5.41) is 6.84. The summed E-state index contributed by atoms with van der Waals surface area (Å²) in [5.74, 6) is 1.30. The maximum absolute atomic E-state index is 12.4. The van der Waals surface area contributed by atoms with Crippen molar-refractivity contribution in [1.29, 1.82) is 0 Å². The fourth-order valence-corrected chi connectivity index (χ4v) is 3.04. The molecule has 0 radical (unpaired) electrons. The Morgan fingerprint density at radius 1 is 1.32 bits per heavy atom. The van der Waals surface area contributed by atoms with Gasteiger partial charge in [-0.15, -0.1) is 0 Å². The van der Waals surface area contributed by atoms with Crippen LogP contribution < -0.4 is 5.32 Å². The molecule has 22 heavy (non-hydrogen) atoms. The summed E-state index contributed by atoms with van der Waals surface area (Å²) in [6, 6.07) is 2.24. The van der Waals surface area contributed by atoms with E-state index in [1.54, 1.807) is 0 Å². The van der Waals surface area contributed by atoms with E-state index >= 15 is 0 Å². The minimum atomic E-state index is -0.111. The largest absolute Gasteiger partial charge is 0.381 e. The third kappa shape index (κ3) is 3.17. The van der Waals surface area contributed by atoms with Crippen LogP contribution in [0.2, 0.25) is 0 Å². The number of hydrogen-bond acceptors (Lipinski definition) is 5. The zero-order chi connectivity index (χ0) is 15.7. The van der Waals surface area contributed by atoms with Gasteiger partial charge < -0.3 is 14.6 Å². The lowest BCUT2D eigenvalue weighted by molar-refractivity contribution is -0.129. The molecule has 3 rings (SSSR count). The van der Waals surface area contributed by atoms with Crippen LogP contribution >= 0.6 is 0 Å². The Bertz CT molecular complexity index is 529. The Labute approximate surface area is 131 Å². The van der Waals surface area contributed by atoms with Crippen molar-refractivity contribution in [3.63, 3.8) is 0 Å². The zero-order valence-corrected chi connectivity index (χ0v) is 13.6. The highest BCUT2D eigenvalue weighted by atomic mass is 16.5. The first-order valence-electron chi connectivity index (χ1n) is 8.07. The third-order valence-corrected chi connectivity index (χ3v) is 4.52. The number of aromatic nitrogens is 1. The summed E-state index contributed by atoms with van der Waals surface area (Å²) >= 11 is 0. The molecule has 1 atom stereocenters. The molecule has 1 amide bonds. The summed E-state index contributed by atoms with van der Waals surface area (Å²) in [5.41, 5.74) is -0.111. The van der Waals surface area contributed by atoms with Crippen LogP contribution in [-0.4, -0.2) is 47.8 Å². The molecule has 1 aromatic heterocycles. The van der Waals surface area contributed by atoms with Crippen molar-refractivity contribution in [3.05, 3.63) is 11.8 Å². The van der Waals surface area contributed by atoms with Gasteiger partial charge in [-0.1, -0.05) is 25.9 Å². The van der Waals surface area contributed by atoms with Crippen LogP contribution in [0.3, 0.4) is 0 Å². The van der Waals surface area contributed by atoms with Crippen molar-refractivity contribution >= 4 is 11.7 Å². The number of nitrogens with zero attached hydrogens (tertiary/aromatic N) is 2. The highest BCUT2D eigenvalue weighted by Crippen LogP contribution is 2.28. The molecule has 6 nitrogen and oxygen atoms in total. The molecule has 0 saturated carbocycles. The van der Waals surface area contributed by atoms with Gasteiger partial charge in [-0.2, -0.15) is 0 Å². The van der Waals surface area contributed by atoms with E-state index < -0.39 is 0 Å². The van der Waals surface area contributed by atoms with Gasteiger partial charge in [0.25, 0.3) is 0 Å². The van der Waals surface area contributed by atoms with Crippen molar-refractivity contribution in [2.24, 2.45) is 0 Å². The molecule has 2 fully saturated rings. The van der Waals surface area contributed by atoms with Gasteiger partial charge in [-0.05, 0) is 19.3 Å². The Morgan fingerprint density at radius 3 is 2.59 bits per heavy atom. The second kappa shape index (κ2) is 6.01. The molecule has 0 aromatic carbocycles. The van der Waals surface area contributed by atoms with E-state index in [1.165, 1.54) is 0 Å². The summed E-state index contributed by atoms with van der Waals surface area (Å²) in [6.45, 7) is 8.75. The number of anilines is 1. The lowest BCUT2D eigenvalue weighted by Gasteiger charge is -2.46. The Morgan fingerprint density at radius 2 is 2.05 bits per heavy atom. The second-order valence-electron chi connectivity index (χ2n) is 7.20. The minimum absolute atomic E-state index is 0.0199. The Balaban J connectivity index is 1.58. The van der Waals surface area contributed by atoms with E-state index in [1.807, 2.05) is 6.07 Å². The van der Waals surface area contributed by atoms with Crippen molar-refractivity contribution in [3.8, 4) is 0 Å². The maximum atomic E-state index is 12.4. The minimum Gasteiger partial charge on any atom is -0.381 e. The van der Waals surface area contributed by atoms with E-state index in [-0.39, 0.29) is 17.4 Å². The number of nitrogens with one attached hydrogen (secondary N) is 1. The molecule has 6 heteroatoms. The smallest absolute Gasteiger partial charge is 0.243 e. The molecule has 3 heterocycles. The fraction of sp³-hybridized carbons (Fsp3) is 0.750. The average molecular weight is 307 g/mol. The number of rotatable bonds is 3. The van der Waals surface area contributed by atoms with Crippen LogP contribution in [0.5, 0.6) is 0 Å². The van der Waals surface area contributed by atoms with Crippen molar-refractivity contribution in [2.75, 3.05) is 25.1 Å². The van der Waals surface area contributed by atoms with Gasteiger partial charge in [0.2, 0.25) is 5.91 Å². The van der Waals surface area contributed by atoms with Crippen molar-refractivity contribution < 1.29 is 14.1 Å². The third-order valence-electron chi connectivity index (χ3n) is 4.52. The quantitative estimate of drug-likeness (QED) is 0.927. The first kappa shape index (κ1) is 15.5. The zero-order valence-electron chi connectivity index (χ0n) is 13.6. The van der Waals surface area contributed by atoms with Gasteiger partial charge in [-0.3, -0.25) is 9.69 Å². The van der Waals surface area contributed by atoms with Crippen LogP contribution in [0, 0.1) is 0 Å². The second-order valence-corrected chi connectivity index (χ2v) is 7.20. The van der Waals surface area contributed by atoms with Gasteiger partial charge in [0.15, 0.2) is 5.82 Å². The van der Waals surface area contributed by atoms with Crippen LogP contribution in [0.25, 0.3) is 0 Å². The normalized spacial score (nSPS) is 24.0. The molecule has 0 bridgehead atoms. The summed E-state index contributed by atoms with van der Waals surface area (Å²) in [6.07, 6.45) is 2.94. The molecule has 1 aromatic rings. The number of carbonyl (C=O) groups is 1. The number of hydrogen-bond donors (Lipinski definition) is 1. The SMILES string of the molecule is CC(C)(C)c1cc(NC(=O)C2CCN2C2CCOCC2)no1. The fourth-order valence-electron chi connectivity index (χ4n) is 3.04. The van der Waals surface area contributed by atoms with E-state index in [9.17, 15) is 4.79 Å². The van der Waals surface area contributed by atoms with Gasteiger partial charge in [0.1, 0.15) is 5.76 Å². The summed E-state index contributed by atoms with van der Waals surface area (Å²) in [4.78, 5) is 14.7. The summed E-state index contributed by atoms with van der Waals surface area (Å²) < 4.78 is 10.7. The predicted molar refractivity (Wildman–Crippen MR) is 82.8 cm³/mol. The Kier molecular flexibility index (Phi) is 4.23. The van der Waals surface area contributed by atoms with Crippen molar-refractivity contribution in [1.82, 2.24) is 10.1 Å². The van der Waals surface area contributed by atoms with Gasteiger partial charge in [0, 0.05) is 37.3 Å². The highest BCUT2D eigenvalue weighted by molar-refractivity contribution is 5.94. The molecular weight excluding hydrogens is 282 g/mol. The lowest BCUT2D eigenvalue weighted by Crippen LogP contribution is -2.59. The average Bonchev–Trinajstić information content (AvgIpc) is 2.87. The molecule has 2 aliphatic rings. The Hall–Kier alpha value is -1.40. The number of likely N-dealkylation sites (tertiary alicyclic amines) is 1. The number of ether oxygens (including phenoxy) is 1. The molecule has 2 aliphatic heterocycles. The number of carbonyl (C=O) groups excluding carboxylic acids is 1. The maximum Gasteiger partial charge on any atom is 0.243 e. The van der Waals surface area contributed by atoms with Gasteiger partial charge in [-0.25, -0.2) is 0 Å². The van der Waals surface area contributed by atoms with Crippen LogP contribution in [0.1, 0.15) is 45.8 Å². The first-order valence-corrected chi connectivity index (χ1v) is 8.07. The first-order chi connectivity index (χ1) is 10.4. The molecular formula is C16H25N3O3. The predicted octanol–water partition coefficient (Wildman–Crippen LogP) is 2.16. The molecule has 0 spiro atoms. The molecule has 0 aliphatic carbocycles. The highest BCUT2D eigenvalue weighted by Gasteiger charge is 2.39. The standard InChI is InChI=1S/C16H25N3O3/c1-16(2,3)13-10-14(18-22-13)17-15(20)12-4-7-19(12)11-5-8-21-9-6-11/h10-12H,4-9H2,1-3H3,(H,17,18,20). The molecule has 2 saturated heterocycles.